The van der Waals surface area contributed by atoms with E-state index in [-0.39, 0.29) is 38.5 Å². The Kier molecular flexibility index (Phi) is 5.39. The number of nitrogens with one attached hydrogen (secondary N) is 1. The summed E-state index contributed by atoms with van der Waals surface area (Å²) in [7, 11) is 1.40. The number of aromatic amines is 1. The minimum atomic E-state index is -0.755. The lowest BCUT2D eigenvalue weighted by molar-refractivity contribution is 0.0997. The van der Waals surface area contributed by atoms with Gasteiger partial charge in [-0.05, 0) is 30.3 Å². The van der Waals surface area contributed by atoms with Gasteiger partial charge in [0.2, 0.25) is 0 Å². The van der Waals surface area contributed by atoms with Crippen LogP contribution in [-0.2, 0) is 0 Å². The largest absolute Gasteiger partial charge is 0.496 e. The monoisotopic (exact) mass is 422 g/mol. The molecule has 0 radical (unpaired) electrons. The minimum Gasteiger partial charge on any atom is -0.496 e. The Balaban J connectivity index is 2.00. The maximum absolute atomic E-state index is 11.9. The number of amides is 1. The maximum atomic E-state index is 11.9. The van der Waals surface area contributed by atoms with Crippen molar-refractivity contribution in [2.24, 2.45) is 5.73 Å². The molecule has 1 aromatic heterocycles. The van der Waals surface area contributed by atoms with Crippen molar-refractivity contribution >= 4 is 29.1 Å². The number of hydrogen-bond donors (Lipinski definition) is 2. The molecular weight excluding hydrogens is 411 g/mol. The molecule has 9 nitrogen and oxygen atoms in total. The number of hydrogen-bond acceptors (Lipinski definition) is 6. The Labute approximate surface area is 167 Å². The zero-order chi connectivity index (χ0) is 20.4. The fourth-order valence-corrected chi connectivity index (χ4v) is 2.92. The minimum absolute atomic E-state index is 0.0684. The lowest BCUT2D eigenvalue weighted by Crippen LogP contribution is -2.30. The van der Waals surface area contributed by atoms with Crippen molar-refractivity contribution in [3.63, 3.8) is 0 Å². The molecule has 144 valence electrons. The van der Waals surface area contributed by atoms with E-state index < -0.39 is 17.2 Å². The van der Waals surface area contributed by atoms with Crippen LogP contribution < -0.4 is 26.5 Å². The summed E-state index contributed by atoms with van der Waals surface area (Å²) in [5.74, 6) is -0.0788. The Morgan fingerprint density at radius 1 is 1.18 bits per heavy atom. The van der Waals surface area contributed by atoms with Crippen LogP contribution in [0.1, 0.15) is 10.4 Å². The fraction of sp³-hybridized carbons (Fsp3) is 0.0588. The van der Waals surface area contributed by atoms with Crippen LogP contribution in [0, 0.1) is 0 Å². The van der Waals surface area contributed by atoms with Crippen LogP contribution >= 0.6 is 23.2 Å². The van der Waals surface area contributed by atoms with Crippen LogP contribution in [0.15, 0.2) is 46.1 Å². The SMILES string of the molecule is COc1ccc(Oc2c(Cl)cc(-n3ncc(=O)[nH]c3=O)cc2Cl)cc1C(N)=O. The van der Waals surface area contributed by atoms with Gasteiger partial charge in [0.15, 0.2) is 5.75 Å². The predicted octanol–water partition coefficient (Wildman–Crippen LogP) is 2.13. The van der Waals surface area contributed by atoms with Gasteiger partial charge in [-0.1, -0.05) is 23.2 Å². The highest BCUT2D eigenvalue weighted by Crippen LogP contribution is 2.38. The van der Waals surface area contributed by atoms with Crippen LogP contribution in [0.5, 0.6) is 17.2 Å². The Morgan fingerprint density at radius 3 is 2.43 bits per heavy atom. The third kappa shape index (κ3) is 3.85. The van der Waals surface area contributed by atoms with E-state index in [1.165, 1.54) is 31.4 Å². The molecule has 0 spiro atoms. The van der Waals surface area contributed by atoms with Crippen molar-refractivity contribution in [2.45, 2.75) is 0 Å². The Bertz CT molecular complexity index is 1170. The molecule has 0 aliphatic carbocycles. The first-order valence-electron chi connectivity index (χ1n) is 7.64. The maximum Gasteiger partial charge on any atom is 0.349 e. The smallest absolute Gasteiger partial charge is 0.349 e. The second-order valence-electron chi connectivity index (χ2n) is 5.42. The first kappa shape index (κ1) is 19.5. The summed E-state index contributed by atoms with van der Waals surface area (Å²) in [5, 5.41) is 3.87. The Hall–Kier alpha value is -3.30. The van der Waals surface area contributed by atoms with Crippen molar-refractivity contribution in [1.29, 1.82) is 0 Å². The molecule has 0 fully saturated rings. The third-order valence-electron chi connectivity index (χ3n) is 3.60. The van der Waals surface area contributed by atoms with Gasteiger partial charge in [-0.25, -0.2) is 4.79 Å². The number of carbonyl (C=O) groups is 1. The standard InChI is InChI=1S/C17H12Cl2N4O5/c1-27-13-3-2-9(6-10(13)16(20)25)28-15-11(18)4-8(5-12(15)19)23-17(26)22-14(24)7-21-23/h2-7H,1H3,(H2,20,25)(H,22,24,26). The van der Waals surface area contributed by atoms with Crippen molar-refractivity contribution in [3.05, 3.63) is 73.0 Å². The summed E-state index contributed by atoms with van der Waals surface area (Å²) in [6.45, 7) is 0. The number of aromatic nitrogens is 3. The van der Waals surface area contributed by atoms with E-state index in [0.717, 1.165) is 10.9 Å². The van der Waals surface area contributed by atoms with Crippen molar-refractivity contribution in [1.82, 2.24) is 14.8 Å². The first-order chi connectivity index (χ1) is 13.3. The number of nitrogens with zero attached hydrogens (tertiary/aromatic N) is 2. The molecule has 3 N–H and O–H groups in total. The molecule has 0 unspecified atom stereocenters. The number of H-pyrrole nitrogens is 1. The molecule has 0 aliphatic heterocycles. The van der Waals surface area contributed by atoms with E-state index in [0.29, 0.717) is 0 Å². The van der Waals surface area contributed by atoms with Gasteiger partial charge in [0.25, 0.3) is 11.5 Å². The number of methoxy groups -OCH3 is 1. The lowest BCUT2D eigenvalue weighted by atomic mass is 10.2. The molecule has 0 saturated carbocycles. The van der Waals surface area contributed by atoms with Crippen LogP contribution in [0.25, 0.3) is 5.69 Å². The fourth-order valence-electron chi connectivity index (χ4n) is 2.36. The quantitative estimate of drug-likeness (QED) is 0.647. The predicted molar refractivity (Wildman–Crippen MR) is 102 cm³/mol. The van der Waals surface area contributed by atoms with Gasteiger partial charge in [0.1, 0.15) is 17.7 Å². The first-order valence-corrected chi connectivity index (χ1v) is 8.39. The second kappa shape index (κ2) is 7.75. The van der Waals surface area contributed by atoms with Gasteiger partial charge < -0.3 is 15.2 Å². The van der Waals surface area contributed by atoms with Gasteiger partial charge in [0.05, 0.1) is 28.4 Å². The molecule has 3 aromatic rings. The number of ether oxygens (including phenoxy) is 2. The van der Waals surface area contributed by atoms with E-state index in [1.54, 1.807) is 6.07 Å². The topological polar surface area (TPSA) is 129 Å². The summed E-state index contributed by atoms with van der Waals surface area (Å²) in [4.78, 5) is 36.6. The van der Waals surface area contributed by atoms with Crippen molar-refractivity contribution < 1.29 is 14.3 Å². The number of benzene rings is 2. The number of carbonyl (C=O) groups excluding carboxylic acids is 1. The number of nitrogens with two attached hydrogens (primary N) is 1. The molecule has 11 heteroatoms. The van der Waals surface area contributed by atoms with Gasteiger partial charge in [-0.2, -0.15) is 9.78 Å². The lowest BCUT2D eigenvalue weighted by Gasteiger charge is -2.13. The molecule has 1 amide bonds. The summed E-state index contributed by atoms with van der Waals surface area (Å²) >= 11 is 12.5. The summed E-state index contributed by atoms with van der Waals surface area (Å²) < 4.78 is 11.7. The second-order valence-corrected chi connectivity index (χ2v) is 6.23. The molecule has 0 atom stereocenters. The highest BCUT2D eigenvalue weighted by Gasteiger charge is 2.16. The normalized spacial score (nSPS) is 10.5. The molecule has 0 aliphatic rings. The average molecular weight is 423 g/mol. The zero-order valence-corrected chi connectivity index (χ0v) is 15.7. The molecule has 0 saturated heterocycles. The molecule has 1 heterocycles. The van der Waals surface area contributed by atoms with Crippen molar-refractivity contribution in [2.75, 3.05) is 7.11 Å². The number of halogens is 2. The van der Waals surface area contributed by atoms with E-state index in [4.69, 9.17) is 38.4 Å². The van der Waals surface area contributed by atoms with Gasteiger partial charge in [0, 0.05) is 0 Å². The molecule has 0 bridgehead atoms. The summed E-state index contributed by atoms with van der Waals surface area (Å²) in [6, 6.07) is 7.20. The number of rotatable bonds is 5. The third-order valence-corrected chi connectivity index (χ3v) is 4.16. The van der Waals surface area contributed by atoms with Gasteiger partial charge in [-0.15, -0.1) is 0 Å². The van der Waals surface area contributed by atoms with E-state index in [2.05, 4.69) is 10.1 Å². The van der Waals surface area contributed by atoms with Crippen molar-refractivity contribution in [3.8, 4) is 22.9 Å². The zero-order valence-electron chi connectivity index (χ0n) is 14.2. The van der Waals surface area contributed by atoms with E-state index >= 15 is 0 Å². The van der Waals surface area contributed by atoms with E-state index in [9.17, 15) is 14.4 Å². The molecule has 3 rings (SSSR count). The Morgan fingerprint density at radius 2 is 1.86 bits per heavy atom. The molecule has 2 aromatic carbocycles. The molecular formula is C17H12Cl2N4O5. The van der Waals surface area contributed by atoms with Crippen LogP contribution in [0.3, 0.4) is 0 Å². The van der Waals surface area contributed by atoms with Gasteiger partial charge in [-0.3, -0.25) is 14.6 Å². The summed E-state index contributed by atoms with van der Waals surface area (Å²) in [6.07, 6.45) is 0.941. The van der Waals surface area contributed by atoms with Crippen LogP contribution in [0.2, 0.25) is 10.0 Å². The highest BCUT2D eigenvalue weighted by atomic mass is 35.5. The van der Waals surface area contributed by atoms with Crippen LogP contribution in [0.4, 0.5) is 0 Å². The highest BCUT2D eigenvalue weighted by molar-refractivity contribution is 6.37. The molecule has 28 heavy (non-hydrogen) atoms. The average Bonchev–Trinajstić information content (AvgIpc) is 2.64. The number of primary amides is 1. The van der Waals surface area contributed by atoms with Gasteiger partial charge >= 0.3 is 5.69 Å². The van der Waals surface area contributed by atoms with Crippen LogP contribution in [-0.4, -0.2) is 27.8 Å². The summed E-state index contributed by atoms with van der Waals surface area (Å²) in [5.41, 5.74) is 4.28. The van der Waals surface area contributed by atoms with E-state index in [1.807, 2.05) is 0 Å².